The number of amides is 1. The van der Waals surface area contributed by atoms with Crippen LogP contribution in [0.1, 0.15) is 46.0 Å². The molecule has 0 aliphatic heterocycles. The van der Waals surface area contributed by atoms with Crippen LogP contribution in [-0.2, 0) is 9.53 Å². The zero-order valence-electron chi connectivity index (χ0n) is 10.4. The minimum absolute atomic E-state index is 0.102. The summed E-state index contributed by atoms with van der Waals surface area (Å²) in [4.78, 5) is 11.2. The van der Waals surface area contributed by atoms with E-state index in [1.807, 2.05) is 0 Å². The van der Waals surface area contributed by atoms with Gasteiger partial charge >= 0.3 is 0 Å². The lowest BCUT2D eigenvalue weighted by molar-refractivity contribution is -0.126. The van der Waals surface area contributed by atoms with E-state index in [0.717, 1.165) is 25.9 Å². The Morgan fingerprint density at radius 3 is 2.81 bits per heavy atom. The first-order chi connectivity index (χ1) is 7.44. The molecule has 1 rings (SSSR count). The molecular formula is C12H24N2O2. The lowest BCUT2D eigenvalue weighted by atomic mass is 9.80. The second-order valence-corrected chi connectivity index (χ2v) is 5.29. The van der Waals surface area contributed by atoms with Crippen LogP contribution in [-0.4, -0.2) is 24.2 Å². The molecule has 1 fully saturated rings. The van der Waals surface area contributed by atoms with Crippen LogP contribution in [0.3, 0.4) is 0 Å². The van der Waals surface area contributed by atoms with Crippen molar-refractivity contribution in [2.75, 3.05) is 6.61 Å². The molecule has 1 aliphatic rings. The van der Waals surface area contributed by atoms with E-state index in [1.54, 1.807) is 0 Å². The Hall–Kier alpha value is -0.610. The summed E-state index contributed by atoms with van der Waals surface area (Å²) in [6.45, 7) is 5.08. The van der Waals surface area contributed by atoms with Gasteiger partial charge in [-0.05, 0) is 31.6 Å². The van der Waals surface area contributed by atoms with E-state index in [-0.39, 0.29) is 6.10 Å². The third kappa shape index (κ3) is 3.76. The molecule has 0 saturated heterocycles. The number of hydrogen-bond donors (Lipinski definition) is 2. The van der Waals surface area contributed by atoms with Crippen LogP contribution in [0.2, 0.25) is 0 Å². The second-order valence-electron chi connectivity index (χ2n) is 5.29. The topological polar surface area (TPSA) is 78.3 Å². The van der Waals surface area contributed by atoms with Crippen molar-refractivity contribution < 1.29 is 9.53 Å². The number of ether oxygens (including phenoxy) is 1. The van der Waals surface area contributed by atoms with Crippen LogP contribution in [0.4, 0.5) is 0 Å². The molecule has 0 bridgehead atoms. The van der Waals surface area contributed by atoms with Crippen LogP contribution < -0.4 is 11.5 Å². The number of primary amides is 1. The van der Waals surface area contributed by atoms with Crippen molar-refractivity contribution in [3.8, 4) is 0 Å². The molecule has 4 nitrogen and oxygen atoms in total. The lowest BCUT2D eigenvalue weighted by Gasteiger charge is -2.35. The van der Waals surface area contributed by atoms with E-state index in [1.165, 1.54) is 0 Å². The highest BCUT2D eigenvalue weighted by molar-refractivity contribution is 5.84. The Bertz CT molecular complexity index is 243. The molecular weight excluding hydrogens is 204 g/mol. The Labute approximate surface area is 97.7 Å². The van der Waals surface area contributed by atoms with Crippen molar-refractivity contribution in [2.45, 2.75) is 57.6 Å². The van der Waals surface area contributed by atoms with Crippen LogP contribution in [0.25, 0.3) is 0 Å². The van der Waals surface area contributed by atoms with Gasteiger partial charge < -0.3 is 16.2 Å². The Balaban J connectivity index is 2.36. The third-order valence-electron chi connectivity index (χ3n) is 3.28. The van der Waals surface area contributed by atoms with E-state index in [2.05, 4.69) is 13.8 Å². The maximum Gasteiger partial charge on any atom is 0.237 e. The van der Waals surface area contributed by atoms with E-state index in [0.29, 0.717) is 18.8 Å². The number of rotatable bonds is 5. The highest BCUT2D eigenvalue weighted by Crippen LogP contribution is 2.28. The summed E-state index contributed by atoms with van der Waals surface area (Å²) in [5.41, 5.74) is 10.4. The van der Waals surface area contributed by atoms with Crippen molar-refractivity contribution in [1.29, 1.82) is 0 Å². The summed E-state index contributed by atoms with van der Waals surface area (Å²) < 4.78 is 5.75. The summed E-state index contributed by atoms with van der Waals surface area (Å²) in [6, 6.07) is 0. The van der Waals surface area contributed by atoms with Crippen LogP contribution >= 0.6 is 0 Å². The SMILES string of the molecule is CC(C)CCOC1CCCC(N)(C(N)=O)C1. The first kappa shape index (κ1) is 13.5. The molecule has 0 radical (unpaired) electrons. The molecule has 2 atom stereocenters. The third-order valence-corrected chi connectivity index (χ3v) is 3.28. The quantitative estimate of drug-likeness (QED) is 0.741. The maximum atomic E-state index is 11.2. The molecule has 2 unspecified atom stereocenters. The average Bonchev–Trinajstić information content (AvgIpc) is 2.17. The first-order valence-electron chi connectivity index (χ1n) is 6.14. The van der Waals surface area contributed by atoms with Crippen LogP contribution in [0.15, 0.2) is 0 Å². The maximum absolute atomic E-state index is 11.2. The molecule has 0 aromatic carbocycles. The minimum atomic E-state index is -0.846. The largest absolute Gasteiger partial charge is 0.378 e. The number of carbonyl (C=O) groups is 1. The predicted octanol–water partition coefficient (Wildman–Crippen LogP) is 1.17. The Morgan fingerprint density at radius 1 is 1.56 bits per heavy atom. The fraction of sp³-hybridized carbons (Fsp3) is 0.917. The monoisotopic (exact) mass is 228 g/mol. The van der Waals surface area contributed by atoms with Gasteiger partial charge in [0.15, 0.2) is 0 Å². The Kier molecular flexibility index (Phi) is 4.74. The van der Waals surface area contributed by atoms with Gasteiger partial charge in [-0.3, -0.25) is 4.79 Å². The molecule has 1 aliphatic carbocycles. The molecule has 1 amide bonds. The summed E-state index contributed by atoms with van der Waals surface area (Å²) in [7, 11) is 0. The van der Waals surface area contributed by atoms with Gasteiger partial charge in [-0.2, -0.15) is 0 Å². The zero-order chi connectivity index (χ0) is 12.2. The first-order valence-corrected chi connectivity index (χ1v) is 6.14. The molecule has 4 heteroatoms. The van der Waals surface area contributed by atoms with Gasteiger partial charge in [0.2, 0.25) is 5.91 Å². The van der Waals surface area contributed by atoms with Gasteiger partial charge in [-0.15, -0.1) is 0 Å². The highest BCUT2D eigenvalue weighted by atomic mass is 16.5. The number of hydrogen-bond acceptors (Lipinski definition) is 3. The van der Waals surface area contributed by atoms with Crippen molar-refractivity contribution in [3.05, 3.63) is 0 Å². The highest BCUT2D eigenvalue weighted by Gasteiger charge is 2.38. The summed E-state index contributed by atoms with van der Waals surface area (Å²) in [5, 5.41) is 0. The molecule has 16 heavy (non-hydrogen) atoms. The van der Waals surface area contributed by atoms with Crippen molar-refractivity contribution >= 4 is 5.91 Å². The molecule has 4 N–H and O–H groups in total. The molecule has 0 aromatic rings. The summed E-state index contributed by atoms with van der Waals surface area (Å²) in [5.74, 6) is 0.243. The van der Waals surface area contributed by atoms with Crippen molar-refractivity contribution in [2.24, 2.45) is 17.4 Å². The lowest BCUT2D eigenvalue weighted by Crippen LogP contribution is -2.56. The average molecular weight is 228 g/mol. The molecule has 0 spiro atoms. The van der Waals surface area contributed by atoms with E-state index in [9.17, 15) is 4.79 Å². The van der Waals surface area contributed by atoms with Crippen LogP contribution in [0, 0.1) is 5.92 Å². The van der Waals surface area contributed by atoms with Gasteiger partial charge in [-0.1, -0.05) is 13.8 Å². The molecule has 0 aromatic heterocycles. The Morgan fingerprint density at radius 2 is 2.25 bits per heavy atom. The van der Waals surface area contributed by atoms with E-state index in [4.69, 9.17) is 16.2 Å². The van der Waals surface area contributed by atoms with Gasteiger partial charge in [0.25, 0.3) is 0 Å². The van der Waals surface area contributed by atoms with Crippen molar-refractivity contribution in [1.82, 2.24) is 0 Å². The number of nitrogens with two attached hydrogens (primary N) is 2. The van der Waals surface area contributed by atoms with Gasteiger partial charge in [-0.25, -0.2) is 0 Å². The fourth-order valence-electron chi connectivity index (χ4n) is 2.09. The van der Waals surface area contributed by atoms with Gasteiger partial charge in [0, 0.05) is 13.0 Å². The normalized spacial score (nSPS) is 30.6. The second kappa shape index (κ2) is 5.64. The zero-order valence-corrected chi connectivity index (χ0v) is 10.4. The summed E-state index contributed by atoms with van der Waals surface area (Å²) >= 11 is 0. The molecule has 94 valence electrons. The standard InChI is InChI=1S/C12H24N2O2/c1-9(2)5-7-16-10-4-3-6-12(14,8-10)11(13)15/h9-10H,3-8,14H2,1-2H3,(H2,13,15). The van der Waals surface area contributed by atoms with Crippen molar-refractivity contribution in [3.63, 3.8) is 0 Å². The number of carbonyl (C=O) groups excluding carboxylic acids is 1. The van der Waals surface area contributed by atoms with Gasteiger partial charge in [0.1, 0.15) is 0 Å². The van der Waals surface area contributed by atoms with E-state index >= 15 is 0 Å². The predicted molar refractivity (Wildman–Crippen MR) is 63.8 cm³/mol. The van der Waals surface area contributed by atoms with Gasteiger partial charge in [0.05, 0.1) is 11.6 Å². The van der Waals surface area contributed by atoms with E-state index < -0.39 is 11.4 Å². The molecule has 1 saturated carbocycles. The molecule has 0 heterocycles. The fourth-order valence-corrected chi connectivity index (χ4v) is 2.09. The summed E-state index contributed by atoms with van der Waals surface area (Å²) in [6.07, 6.45) is 4.32. The van der Waals surface area contributed by atoms with Crippen LogP contribution in [0.5, 0.6) is 0 Å². The smallest absolute Gasteiger partial charge is 0.237 e. The minimum Gasteiger partial charge on any atom is -0.378 e.